The van der Waals surface area contributed by atoms with Crippen molar-refractivity contribution >= 4 is 16.6 Å². The highest BCUT2D eigenvalue weighted by Gasteiger charge is 2.19. The van der Waals surface area contributed by atoms with Gasteiger partial charge >= 0.3 is 0 Å². The molecule has 0 amide bonds. The molecule has 1 fully saturated rings. The van der Waals surface area contributed by atoms with E-state index in [0.717, 1.165) is 59.7 Å². The Hall–Kier alpha value is -3.55. The second-order valence-electron chi connectivity index (χ2n) is 8.74. The zero-order chi connectivity index (χ0) is 21.7. The molecule has 2 N–H and O–H groups in total. The number of benzene rings is 1. The maximum Gasteiger partial charge on any atom is 0.187 e. The van der Waals surface area contributed by atoms with Crippen LogP contribution in [0.4, 0.5) is 0 Å². The van der Waals surface area contributed by atoms with Crippen LogP contribution in [0.15, 0.2) is 67.1 Å². The van der Waals surface area contributed by atoms with Crippen molar-refractivity contribution < 1.29 is 0 Å². The van der Waals surface area contributed by atoms with E-state index in [4.69, 9.17) is 10.7 Å². The lowest BCUT2D eigenvalue weighted by molar-refractivity contribution is 0.326. The van der Waals surface area contributed by atoms with E-state index in [1.54, 1.807) is 0 Å². The molecule has 0 bridgehead atoms. The van der Waals surface area contributed by atoms with Gasteiger partial charge < -0.3 is 10.3 Å². The lowest BCUT2D eigenvalue weighted by atomic mass is 10.1. The van der Waals surface area contributed by atoms with Crippen LogP contribution in [0.2, 0.25) is 0 Å². The van der Waals surface area contributed by atoms with Gasteiger partial charge in [-0.05, 0) is 47.4 Å². The van der Waals surface area contributed by atoms with Crippen LogP contribution in [0.3, 0.4) is 0 Å². The quantitative estimate of drug-likeness (QED) is 0.479. The van der Waals surface area contributed by atoms with Gasteiger partial charge in [0.25, 0.3) is 0 Å². The molecule has 1 saturated heterocycles. The third kappa shape index (κ3) is 3.45. The molecule has 4 aromatic heterocycles. The van der Waals surface area contributed by atoms with Gasteiger partial charge in [-0.1, -0.05) is 24.3 Å². The molecule has 1 atom stereocenters. The number of likely N-dealkylation sites (tertiary alicyclic amines) is 1. The van der Waals surface area contributed by atoms with Crippen molar-refractivity contribution in [1.82, 2.24) is 29.0 Å². The average molecular weight is 424 g/mol. The summed E-state index contributed by atoms with van der Waals surface area (Å²) in [4.78, 5) is 7.34. The van der Waals surface area contributed by atoms with E-state index in [0.29, 0.717) is 0 Å². The number of nitrogens with zero attached hydrogens (tertiary/aromatic N) is 6. The van der Waals surface area contributed by atoms with Crippen LogP contribution in [0, 0.1) is 0 Å². The third-order valence-corrected chi connectivity index (χ3v) is 6.27. The molecule has 7 heteroatoms. The first kappa shape index (κ1) is 19.2. The van der Waals surface area contributed by atoms with Crippen molar-refractivity contribution in [2.45, 2.75) is 19.0 Å². The fourth-order valence-corrected chi connectivity index (χ4v) is 4.56. The summed E-state index contributed by atoms with van der Waals surface area (Å²) in [7, 11) is 2.03. The fourth-order valence-electron chi connectivity index (χ4n) is 4.56. The van der Waals surface area contributed by atoms with Crippen molar-refractivity contribution in [3.05, 3.63) is 72.7 Å². The zero-order valence-corrected chi connectivity index (χ0v) is 18.0. The number of hydrogen-bond donors (Lipinski definition) is 1. The number of hydrogen-bond acceptors (Lipinski definition) is 5. The van der Waals surface area contributed by atoms with Gasteiger partial charge in [0.05, 0.1) is 5.52 Å². The summed E-state index contributed by atoms with van der Waals surface area (Å²) in [5.41, 5.74) is 12.2. The van der Waals surface area contributed by atoms with Gasteiger partial charge in [0, 0.05) is 56.7 Å². The van der Waals surface area contributed by atoms with Crippen LogP contribution in [0.25, 0.3) is 39.2 Å². The van der Waals surface area contributed by atoms with Crippen LogP contribution in [-0.2, 0) is 13.6 Å². The molecule has 0 radical (unpaired) electrons. The highest BCUT2D eigenvalue weighted by atomic mass is 15.3. The Balaban J connectivity index is 1.38. The van der Waals surface area contributed by atoms with Crippen molar-refractivity contribution in [2.24, 2.45) is 12.8 Å². The summed E-state index contributed by atoms with van der Waals surface area (Å²) < 4.78 is 4.10. The molecule has 7 nitrogen and oxygen atoms in total. The minimum atomic E-state index is 0.284. The Bertz CT molecular complexity index is 1430. The summed E-state index contributed by atoms with van der Waals surface area (Å²) >= 11 is 0. The van der Waals surface area contributed by atoms with Crippen molar-refractivity contribution in [1.29, 1.82) is 0 Å². The number of fused-ring (bicyclic) bond motifs is 2. The minimum Gasteiger partial charge on any atom is -0.357 e. The Labute approximate surface area is 186 Å². The van der Waals surface area contributed by atoms with Gasteiger partial charge in [-0.3, -0.25) is 9.30 Å². The monoisotopic (exact) mass is 423 g/mol. The molecular formula is C25H25N7. The Morgan fingerprint density at radius 3 is 2.72 bits per heavy atom. The minimum absolute atomic E-state index is 0.284. The van der Waals surface area contributed by atoms with Gasteiger partial charge in [-0.2, -0.15) is 0 Å². The van der Waals surface area contributed by atoms with Crippen LogP contribution < -0.4 is 5.73 Å². The average Bonchev–Trinajstić information content (AvgIpc) is 3.53. The number of nitrogens with two attached hydrogens (primary N) is 1. The summed E-state index contributed by atoms with van der Waals surface area (Å²) in [6, 6.07) is 17.1. The predicted octanol–water partition coefficient (Wildman–Crippen LogP) is 3.48. The van der Waals surface area contributed by atoms with Gasteiger partial charge in [-0.25, -0.2) is 4.98 Å². The number of rotatable bonds is 4. The summed E-state index contributed by atoms with van der Waals surface area (Å²) in [5, 5.41) is 9.92. The molecule has 6 rings (SSSR count). The van der Waals surface area contributed by atoms with E-state index in [1.807, 2.05) is 23.6 Å². The second kappa shape index (κ2) is 7.55. The number of aryl methyl sites for hydroxylation is 1. The third-order valence-electron chi connectivity index (χ3n) is 6.27. The summed E-state index contributed by atoms with van der Waals surface area (Å²) in [6.45, 7) is 2.88. The lowest BCUT2D eigenvalue weighted by Gasteiger charge is -2.15. The Morgan fingerprint density at radius 2 is 1.91 bits per heavy atom. The van der Waals surface area contributed by atoms with E-state index in [1.165, 1.54) is 11.1 Å². The molecule has 160 valence electrons. The van der Waals surface area contributed by atoms with Crippen molar-refractivity contribution in [2.75, 3.05) is 13.1 Å². The first-order chi connectivity index (χ1) is 15.6. The lowest BCUT2D eigenvalue weighted by Crippen LogP contribution is -2.26. The highest BCUT2D eigenvalue weighted by molar-refractivity contribution is 5.85. The molecule has 1 aliphatic rings. The van der Waals surface area contributed by atoms with Crippen LogP contribution >= 0.6 is 0 Å². The largest absolute Gasteiger partial charge is 0.357 e. The van der Waals surface area contributed by atoms with E-state index in [9.17, 15) is 0 Å². The second-order valence-corrected chi connectivity index (χ2v) is 8.74. The molecule has 5 heterocycles. The molecule has 0 unspecified atom stereocenters. The van der Waals surface area contributed by atoms with Gasteiger partial charge in [0.2, 0.25) is 0 Å². The molecule has 1 aliphatic heterocycles. The first-order valence-corrected chi connectivity index (χ1v) is 11.0. The van der Waals surface area contributed by atoms with Crippen LogP contribution in [0.1, 0.15) is 12.0 Å². The Kier molecular flexibility index (Phi) is 4.52. The number of pyridine rings is 2. The SMILES string of the molecule is Cn1ccc(-c2ccc3ccc(-c4nnc5ccc(CN6CC[C@H](N)C6)cn45)nc3c2)c1. The summed E-state index contributed by atoms with van der Waals surface area (Å²) in [6.07, 6.45) is 7.36. The van der Waals surface area contributed by atoms with E-state index in [2.05, 4.69) is 74.7 Å². The van der Waals surface area contributed by atoms with E-state index >= 15 is 0 Å². The zero-order valence-electron chi connectivity index (χ0n) is 18.0. The van der Waals surface area contributed by atoms with Crippen molar-refractivity contribution in [3.63, 3.8) is 0 Å². The smallest absolute Gasteiger partial charge is 0.187 e. The highest BCUT2D eigenvalue weighted by Crippen LogP contribution is 2.26. The molecular weight excluding hydrogens is 398 g/mol. The van der Waals surface area contributed by atoms with Crippen LogP contribution in [0.5, 0.6) is 0 Å². The summed E-state index contributed by atoms with van der Waals surface area (Å²) in [5.74, 6) is 0.756. The standard InChI is InChI=1S/C25H25N7/c1-30-10-8-20(15-30)19-4-3-18-5-6-22(27-23(18)12-19)25-29-28-24-7-2-17(14-32(24)25)13-31-11-9-21(26)16-31/h2-8,10,12,14-15,21H,9,11,13,16,26H2,1H3/t21-/m0/s1. The molecule has 0 saturated carbocycles. The molecule has 5 aromatic rings. The maximum absolute atomic E-state index is 6.07. The fraction of sp³-hybridized carbons (Fsp3) is 0.240. The first-order valence-electron chi connectivity index (χ1n) is 11.0. The molecule has 32 heavy (non-hydrogen) atoms. The molecule has 0 spiro atoms. The number of aromatic nitrogens is 5. The molecule has 1 aromatic carbocycles. The Morgan fingerprint density at radius 1 is 1.00 bits per heavy atom. The van der Waals surface area contributed by atoms with Crippen LogP contribution in [-0.4, -0.2) is 48.2 Å². The maximum atomic E-state index is 6.07. The van der Waals surface area contributed by atoms with E-state index in [-0.39, 0.29) is 6.04 Å². The predicted molar refractivity (Wildman–Crippen MR) is 126 cm³/mol. The normalized spacial score (nSPS) is 17.0. The van der Waals surface area contributed by atoms with Crippen molar-refractivity contribution in [3.8, 4) is 22.6 Å². The topological polar surface area (TPSA) is 77.3 Å². The van der Waals surface area contributed by atoms with E-state index < -0.39 is 0 Å². The van der Waals surface area contributed by atoms with Gasteiger partial charge in [0.15, 0.2) is 11.5 Å². The molecule has 0 aliphatic carbocycles. The van der Waals surface area contributed by atoms with Gasteiger partial charge in [-0.15, -0.1) is 10.2 Å². The van der Waals surface area contributed by atoms with Gasteiger partial charge in [0.1, 0.15) is 5.69 Å².